The summed E-state index contributed by atoms with van der Waals surface area (Å²) in [7, 11) is 0. The van der Waals surface area contributed by atoms with Gasteiger partial charge >= 0.3 is 0 Å². The summed E-state index contributed by atoms with van der Waals surface area (Å²) in [6.45, 7) is 1.68. The summed E-state index contributed by atoms with van der Waals surface area (Å²) >= 11 is 0. The molecule has 1 fully saturated rings. The number of primary amides is 1. The first-order valence-corrected chi connectivity index (χ1v) is 11.6. The van der Waals surface area contributed by atoms with Crippen LogP contribution in [0.1, 0.15) is 23.9 Å². The molecule has 1 unspecified atom stereocenters. The molecule has 6 rings (SSSR count). The van der Waals surface area contributed by atoms with Gasteiger partial charge in [-0.1, -0.05) is 36.4 Å². The maximum atomic E-state index is 11.4. The number of carbonyl (C=O) groups excluding carboxylic acids is 1. The molecule has 1 amide bonds. The van der Waals surface area contributed by atoms with E-state index in [1.165, 1.54) is 11.9 Å². The highest BCUT2D eigenvalue weighted by atomic mass is 16.1. The molecule has 0 aliphatic carbocycles. The molecule has 5 N–H and O–H groups in total. The van der Waals surface area contributed by atoms with E-state index in [1.807, 2.05) is 46.0 Å². The number of H-pyrrole nitrogens is 1. The Kier molecular flexibility index (Phi) is 5.14. The van der Waals surface area contributed by atoms with Crippen molar-refractivity contribution in [1.82, 2.24) is 34.6 Å². The molecule has 1 aliphatic rings. The number of carbonyl (C=O) groups is 1. The lowest BCUT2D eigenvalue weighted by Crippen LogP contribution is -2.32. The highest BCUT2D eigenvalue weighted by Gasteiger charge is 2.29. The molecule has 5 aromatic rings. The monoisotopic (exact) mass is 467 g/mol. The van der Waals surface area contributed by atoms with Crippen LogP contribution in [0.25, 0.3) is 33.3 Å². The second kappa shape index (κ2) is 8.48. The fraction of sp³-hybridized carbons (Fsp3) is 0.240. The zero-order valence-electron chi connectivity index (χ0n) is 19.1. The van der Waals surface area contributed by atoms with Crippen LogP contribution in [0.3, 0.4) is 0 Å². The minimum atomic E-state index is -0.331. The fourth-order valence-electron chi connectivity index (χ4n) is 4.91. The van der Waals surface area contributed by atoms with Crippen LogP contribution in [-0.4, -0.2) is 60.2 Å². The van der Waals surface area contributed by atoms with Crippen molar-refractivity contribution >= 4 is 33.8 Å². The van der Waals surface area contributed by atoms with Crippen LogP contribution in [0.4, 0.5) is 5.82 Å². The van der Waals surface area contributed by atoms with Gasteiger partial charge in [-0.2, -0.15) is 5.10 Å². The maximum absolute atomic E-state index is 11.4. The molecule has 35 heavy (non-hydrogen) atoms. The number of fused-ring (bicyclic) bond motifs is 2. The van der Waals surface area contributed by atoms with Crippen molar-refractivity contribution in [3.63, 3.8) is 0 Å². The summed E-state index contributed by atoms with van der Waals surface area (Å²) in [4.78, 5) is 30.3. The molecule has 10 heteroatoms. The van der Waals surface area contributed by atoms with Crippen molar-refractivity contribution in [2.75, 3.05) is 25.4 Å². The number of hydrogen-bond acceptors (Lipinski definition) is 7. The Labute approximate surface area is 201 Å². The van der Waals surface area contributed by atoms with Gasteiger partial charge in [0.1, 0.15) is 23.7 Å². The summed E-state index contributed by atoms with van der Waals surface area (Å²) < 4.78 is 1.92. The SMILES string of the molecule is NC(=O)CN1CCC(n2nc(-c3ccc4nc(Cc5ccccc5)[nH]c4c3)c3c(N)ncnc32)C1. The standard InChI is InChI=1S/C25H25N9O/c26-20(35)13-33-9-8-17(12-33)34-25-22(24(27)28-14-29-25)23(32-34)16-6-7-18-19(11-16)31-21(30-18)10-15-4-2-1-3-5-15/h1-7,11,14,17H,8-10,12-13H2,(H2,26,35)(H,30,31)(H2,27,28,29). The van der Waals surface area contributed by atoms with E-state index >= 15 is 0 Å². The number of imidazole rings is 1. The first-order chi connectivity index (χ1) is 17.0. The van der Waals surface area contributed by atoms with Crippen LogP contribution >= 0.6 is 0 Å². The normalized spacial score (nSPS) is 16.4. The van der Waals surface area contributed by atoms with E-state index in [-0.39, 0.29) is 18.5 Å². The Morgan fingerprint density at radius 2 is 2.00 bits per heavy atom. The van der Waals surface area contributed by atoms with Gasteiger partial charge in [0.2, 0.25) is 5.91 Å². The average molecular weight is 468 g/mol. The quantitative estimate of drug-likeness (QED) is 0.347. The van der Waals surface area contributed by atoms with E-state index in [9.17, 15) is 4.79 Å². The van der Waals surface area contributed by atoms with E-state index in [0.29, 0.717) is 18.0 Å². The number of aromatic nitrogens is 6. The molecule has 3 aromatic heterocycles. The highest BCUT2D eigenvalue weighted by molar-refractivity contribution is 5.99. The number of nitrogens with zero attached hydrogens (tertiary/aromatic N) is 6. The Bertz CT molecular complexity index is 1540. The zero-order chi connectivity index (χ0) is 23.9. The van der Waals surface area contributed by atoms with Gasteiger partial charge in [0.05, 0.1) is 29.0 Å². The van der Waals surface area contributed by atoms with Gasteiger partial charge in [0, 0.05) is 25.1 Å². The molecular formula is C25H25N9O. The first kappa shape index (κ1) is 21.2. The number of benzene rings is 2. The number of nitrogen functional groups attached to an aromatic ring is 1. The fourth-order valence-corrected chi connectivity index (χ4v) is 4.91. The van der Waals surface area contributed by atoms with Gasteiger partial charge in [-0.25, -0.2) is 19.6 Å². The number of nitrogens with one attached hydrogen (secondary N) is 1. The molecule has 0 spiro atoms. The lowest BCUT2D eigenvalue weighted by atomic mass is 10.1. The van der Waals surface area contributed by atoms with Crippen molar-refractivity contribution in [2.24, 2.45) is 5.73 Å². The molecule has 176 valence electrons. The van der Waals surface area contributed by atoms with Crippen molar-refractivity contribution in [3.8, 4) is 11.3 Å². The lowest BCUT2D eigenvalue weighted by Gasteiger charge is -2.14. The van der Waals surface area contributed by atoms with Gasteiger partial charge in [0.15, 0.2) is 5.65 Å². The van der Waals surface area contributed by atoms with E-state index in [4.69, 9.17) is 21.5 Å². The number of rotatable bonds is 6. The molecular weight excluding hydrogens is 442 g/mol. The molecule has 2 aromatic carbocycles. The third kappa shape index (κ3) is 3.97. The van der Waals surface area contributed by atoms with Crippen molar-refractivity contribution < 1.29 is 4.79 Å². The number of aromatic amines is 1. The Morgan fingerprint density at radius 3 is 2.83 bits per heavy atom. The van der Waals surface area contributed by atoms with E-state index < -0.39 is 0 Å². The van der Waals surface area contributed by atoms with Crippen molar-refractivity contribution in [2.45, 2.75) is 18.9 Å². The largest absolute Gasteiger partial charge is 0.383 e. The molecule has 1 aliphatic heterocycles. The maximum Gasteiger partial charge on any atom is 0.231 e. The summed E-state index contributed by atoms with van der Waals surface area (Å²) in [5.74, 6) is 0.961. The van der Waals surface area contributed by atoms with Crippen molar-refractivity contribution in [3.05, 3.63) is 66.2 Å². The van der Waals surface area contributed by atoms with Crippen LogP contribution in [0.15, 0.2) is 54.9 Å². The van der Waals surface area contributed by atoms with Gasteiger partial charge < -0.3 is 16.5 Å². The van der Waals surface area contributed by atoms with Crippen LogP contribution in [0.2, 0.25) is 0 Å². The number of likely N-dealkylation sites (tertiary alicyclic amines) is 1. The molecule has 1 saturated heterocycles. The van der Waals surface area contributed by atoms with Gasteiger partial charge in [-0.15, -0.1) is 0 Å². The average Bonchev–Trinajstić information content (AvgIpc) is 3.56. The molecule has 10 nitrogen and oxygen atoms in total. The predicted molar refractivity (Wildman–Crippen MR) is 133 cm³/mol. The van der Waals surface area contributed by atoms with Crippen molar-refractivity contribution in [1.29, 1.82) is 0 Å². The van der Waals surface area contributed by atoms with Crippen LogP contribution < -0.4 is 11.5 Å². The Morgan fingerprint density at radius 1 is 1.14 bits per heavy atom. The second-order valence-electron chi connectivity index (χ2n) is 8.97. The van der Waals surface area contributed by atoms with Crippen LogP contribution in [-0.2, 0) is 11.2 Å². The molecule has 0 radical (unpaired) electrons. The minimum absolute atomic E-state index is 0.0632. The van der Waals surface area contributed by atoms with Crippen LogP contribution in [0, 0.1) is 0 Å². The summed E-state index contributed by atoms with van der Waals surface area (Å²) in [6.07, 6.45) is 3.03. The smallest absolute Gasteiger partial charge is 0.231 e. The summed E-state index contributed by atoms with van der Waals surface area (Å²) in [5, 5.41) is 5.68. The van der Waals surface area contributed by atoms with Gasteiger partial charge in [0.25, 0.3) is 0 Å². The molecule has 0 bridgehead atoms. The predicted octanol–water partition coefficient (Wildman–Crippen LogP) is 2.27. The Balaban J connectivity index is 1.38. The number of anilines is 1. The number of amides is 1. The third-order valence-corrected chi connectivity index (χ3v) is 6.51. The van der Waals surface area contributed by atoms with E-state index in [2.05, 4.69) is 27.1 Å². The molecule has 0 saturated carbocycles. The van der Waals surface area contributed by atoms with Gasteiger partial charge in [-0.05, 0) is 24.1 Å². The second-order valence-corrected chi connectivity index (χ2v) is 8.97. The topological polar surface area (TPSA) is 145 Å². The van der Waals surface area contributed by atoms with Crippen LogP contribution in [0.5, 0.6) is 0 Å². The first-order valence-electron chi connectivity index (χ1n) is 11.6. The summed E-state index contributed by atoms with van der Waals surface area (Å²) in [5.41, 5.74) is 17.0. The highest BCUT2D eigenvalue weighted by Crippen LogP contribution is 2.34. The summed E-state index contributed by atoms with van der Waals surface area (Å²) in [6, 6.07) is 16.3. The number of hydrogen-bond donors (Lipinski definition) is 3. The van der Waals surface area contributed by atoms with E-state index in [0.717, 1.165) is 52.9 Å². The third-order valence-electron chi connectivity index (χ3n) is 6.51. The Hall–Kier alpha value is -4.31. The minimum Gasteiger partial charge on any atom is -0.383 e. The number of nitrogens with two attached hydrogens (primary N) is 2. The molecule has 1 atom stereocenters. The lowest BCUT2D eigenvalue weighted by molar-refractivity contribution is -0.118. The molecule has 4 heterocycles. The van der Waals surface area contributed by atoms with E-state index in [1.54, 1.807) is 0 Å². The van der Waals surface area contributed by atoms with Gasteiger partial charge in [-0.3, -0.25) is 9.69 Å². The zero-order valence-corrected chi connectivity index (χ0v) is 19.1.